The molecular formula is C22H23N3O2S. The summed E-state index contributed by atoms with van der Waals surface area (Å²) in [7, 11) is 1.68. The fourth-order valence-electron chi connectivity index (χ4n) is 3.35. The molecule has 1 aromatic heterocycles. The molecule has 0 atom stereocenters. The maximum atomic E-state index is 12.8. The molecule has 28 heavy (non-hydrogen) atoms. The highest BCUT2D eigenvalue weighted by Crippen LogP contribution is 2.24. The Morgan fingerprint density at radius 1 is 1.04 bits per heavy atom. The second kappa shape index (κ2) is 8.54. The van der Waals surface area contributed by atoms with Gasteiger partial charge >= 0.3 is 0 Å². The summed E-state index contributed by atoms with van der Waals surface area (Å²) >= 11 is 1.52. The van der Waals surface area contributed by atoms with Crippen LogP contribution in [0.1, 0.15) is 16.1 Å². The summed E-state index contributed by atoms with van der Waals surface area (Å²) in [5, 5.41) is 2.76. The Labute approximate surface area is 169 Å². The lowest BCUT2D eigenvalue weighted by atomic mass is 10.2. The van der Waals surface area contributed by atoms with Crippen LogP contribution in [-0.2, 0) is 6.54 Å². The van der Waals surface area contributed by atoms with E-state index in [-0.39, 0.29) is 5.91 Å². The number of ether oxygens (including phenoxy) is 1. The second-order valence-corrected chi connectivity index (χ2v) is 7.68. The second-order valence-electron chi connectivity index (χ2n) is 6.82. The van der Waals surface area contributed by atoms with Crippen LogP contribution in [0.25, 0.3) is 10.6 Å². The van der Waals surface area contributed by atoms with Crippen molar-refractivity contribution in [2.24, 2.45) is 0 Å². The highest BCUT2D eigenvalue weighted by atomic mass is 32.1. The molecule has 1 aliphatic heterocycles. The lowest BCUT2D eigenvalue weighted by molar-refractivity contribution is 0.0623. The fraction of sp³-hybridized carbons (Fsp3) is 0.273. The van der Waals surface area contributed by atoms with Crippen molar-refractivity contribution in [1.82, 2.24) is 14.8 Å². The van der Waals surface area contributed by atoms with Crippen molar-refractivity contribution in [3.8, 4) is 16.3 Å². The van der Waals surface area contributed by atoms with E-state index in [0.29, 0.717) is 5.69 Å². The lowest BCUT2D eigenvalue weighted by Crippen LogP contribution is -2.48. The van der Waals surface area contributed by atoms with Crippen LogP contribution < -0.4 is 4.74 Å². The first-order valence-corrected chi connectivity index (χ1v) is 10.3. The van der Waals surface area contributed by atoms with Gasteiger partial charge in [-0.3, -0.25) is 9.69 Å². The van der Waals surface area contributed by atoms with E-state index < -0.39 is 0 Å². The Kier molecular flexibility index (Phi) is 5.69. The summed E-state index contributed by atoms with van der Waals surface area (Å²) in [5.74, 6) is 0.903. The van der Waals surface area contributed by atoms with E-state index in [4.69, 9.17) is 4.74 Å². The van der Waals surface area contributed by atoms with Crippen LogP contribution in [-0.4, -0.2) is 54.0 Å². The first-order valence-electron chi connectivity index (χ1n) is 9.38. The third-order valence-corrected chi connectivity index (χ3v) is 5.86. The maximum Gasteiger partial charge on any atom is 0.273 e. The van der Waals surface area contributed by atoms with Crippen molar-refractivity contribution < 1.29 is 9.53 Å². The molecule has 0 aliphatic carbocycles. The number of methoxy groups -OCH3 is 1. The predicted molar refractivity (Wildman–Crippen MR) is 112 cm³/mol. The first-order chi connectivity index (χ1) is 13.7. The Bertz CT molecular complexity index is 916. The van der Waals surface area contributed by atoms with E-state index in [1.54, 1.807) is 7.11 Å². The van der Waals surface area contributed by atoms with Crippen LogP contribution in [0.4, 0.5) is 0 Å². The van der Waals surface area contributed by atoms with Gasteiger partial charge < -0.3 is 9.64 Å². The van der Waals surface area contributed by atoms with Gasteiger partial charge in [0, 0.05) is 43.7 Å². The van der Waals surface area contributed by atoms with E-state index >= 15 is 0 Å². The smallest absolute Gasteiger partial charge is 0.273 e. The summed E-state index contributed by atoms with van der Waals surface area (Å²) in [6, 6.07) is 18.2. The highest BCUT2D eigenvalue weighted by Gasteiger charge is 2.24. The minimum absolute atomic E-state index is 0.0301. The molecule has 0 bridgehead atoms. The standard InChI is InChI=1S/C22H23N3O2S/c1-27-19-9-7-17(8-10-19)15-24-11-13-25(14-12-24)22(26)20-16-28-21(23-20)18-5-3-2-4-6-18/h2-10,16H,11-15H2,1H3. The third kappa shape index (κ3) is 4.24. The van der Waals surface area contributed by atoms with Crippen molar-refractivity contribution in [1.29, 1.82) is 0 Å². The molecule has 0 spiro atoms. The van der Waals surface area contributed by atoms with Gasteiger partial charge in [0.25, 0.3) is 5.91 Å². The van der Waals surface area contributed by atoms with Crippen molar-refractivity contribution in [2.75, 3.05) is 33.3 Å². The number of carbonyl (C=O) groups excluding carboxylic acids is 1. The minimum atomic E-state index is 0.0301. The molecule has 1 fully saturated rings. The summed E-state index contributed by atoms with van der Waals surface area (Å²) in [6.07, 6.45) is 0. The van der Waals surface area contributed by atoms with Crippen LogP contribution >= 0.6 is 11.3 Å². The van der Waals surface area contributed by atoms with Gasteiger partial charge in [-0.1, -0.05) is 42.5 Å². The summed E-state index contributed by atoms with van der Waals surface area (Å²) in [6.45, 7) is 4.09. The molecule has 0 unspecified atom stereocenters. The van der Waals surface area contributed by atoms with Crippen molar-refractivity contribution >= 4 is 17.2 Å². The summed E-state index contributed by atoms with van der Waals surface area (Å²) in [4.78, 5) is 21.7. The molecule has 5 nitrogen and oxygen atoms in total. The molecule has 144 valence electrons. The number of carbonyl (C=O) groups is 1. The van der Waals surface area contributed by atoms with Gasteiger partial charge in [-0.25, -0.2) is 4.98 Å². The Hall–Kier alpha value is -2.70. The topological polar surface area (TPSA) is 45.7 Å². The highest BCUT2D eigenvalue weighted by molar-refractivity contribution is 7.13. The number of thiazole rings is 1. The van der Waals surface area contributed by atoms with Crippen LogP contribution in [0.3, 0.4) is 0 Å². The molecular weight excluding hydrogens is 370 g/mol. The van der Waals surface area contributed by atoms with E-state index in [2.05, 4.69) is 22.0 Å². The molecule has 1 amide bonds. The Morgan fingerprint density at radius 3 is 2.43 bits per heavy atom. The number of hydrogen-bond acceptors (Lipinski definition) is 5. The number of amides is 1. The van der Waals surface area contributed by atoms with Gasteiger partial charge in [-0.05, 0) is 17.7 Å². The Morgan fingerprint density at radius 2 is 1.75 bits per heavy atom. The van der Waals surface area contributed by atoms with Gasteiger partial charge in [-0.15, -0.1) is 11.3 Å². The van der Waals surface area contributed by atoms with Crippen LogP contribution in [0.5, 0.6) is 5.75 Å². The van der Waals surface area contributed by atoms with E-state index in [9.17, 15) is 4.79 Å². The van der Waals surface area contributed by atoms with E-state index in [1.807, 2.05) is 52.7 Å². The Balaban J connectivity index is 1.33. The molecule has 4 rings (SSSR count). The zero-order valence-electron chi connectivity index (χ0n) is 15.9. The van der Waals surface area contributed by atoms with Crippen molar-refractivity contribution in [2.45, 2.75) is 6.54 Å². The number of hydrogen-bond donors (Lipinski definition) is 0. The molecule has 0 radical (unpaired) electrons. The molecule has 3 aromatic rings. The van der Waals surface area contributed by atoms with Crippen LogP contribution in [0.15, 0.2) is 60.0 Å². The van der Waals surface area contributed by atoms with Gasteiger partial charge in [0.15, 0.2) is 0 Å². The van der Waals surface area contributed by atoms with E-state index in [0.717, 1.165) is 49.0 Å². The van der Waals surface area contributed by atoms with Crippen molar-refractivity contribution in [3.05, 3.63) is 71.2 Å². The summed E-state index contributed by atoms with van der Waals surface area (Å²) in [5.41, 5.74) is 2.86. The molecule has 0 N–H and O–H groups in total. The molecule has 1 aliphatic rings. The van der Waals surface area contributed by atoms with Gasteiger partial charge in [0.2, 0.25) is 0 Å². The number of benzene rings is 2. The summed E-state index contributed by atoms with van der Waals surface area (Å²) < 4.78 is 5.21. The molecule has 1 saturated heterocycles. The quantitative estimate of drug-likeness (QED) is 0.662. The van der Waals surface area contributed by atoms with Gasteiger partial charge in [0.05, 0.1) is 7.11 Å². The normalized spacial score (nSPS) is 14.8. The average molecular weight is 394 g/mol. The van der Waals surface area contributed by atoms with Gasteiger partial charge in [-0.2, -0.15) is 0 Å². The average Bonchev–Trinajstić information content (AvgIpc) is 3.25. The van der Waals surface area contributed by atoms with E-state index in [1.165, 1.54) is 16.9 Å². The monoisotopic (exact) mass is 393 g/mol. The molecule has 2 heterocycles. The van der Waals surface area contributed by atoms with Crippen molar-refractivity contribution in [3.63, 3.8) is 0 Å². The maximum absolute atomic E-state index is 12.8. The number of rotatable bonds is 5. The zero-order chi connectivity index (χ0) is 19.3. The predicted octanol–water partition coefficient (Wildman–Crippen LogP) is 3.78. The number of nitrogens with zero attached hydrogens (tertiary/aromatic N) is 3. The molecule has 6 heteroatoms. The zero-order valence-corrected chi connectivity index (χ0v) is 16.7. The number of piperazine rings is 1. The number of aromatic nitrogens is 1. The minimum Gasteiger partial charge on any atom is -0.497 e. The SMILES string of the molecule is COc1ccc(CN2CCN(C(=O)c3csc(-c4ccccc4)n3)CC2)cc1. The van der Waals surface area contributed by atoms with Crippen LogP contribution in [0, 0.1) is 0 Å². The largest absolute Gasteiger partial charge is 0.497 e. The molecule has 0 saturated carbocycles. The van der Waals surface area contributed by atoms with Crippen LogP contribution in [0.2, 0.25) is 0 Å². The first kappa shape index (κ1) is 18.7. The lowest BCUT2D eigenvalue weighted by Gasteiger charge is -2.34. The third-order valence-electron chi connectivity index (χ3n) is 4.97. The fourth-order valence-corrected chi connectivity index (χ4v) is 4.15. The molecule has 2 aromatic carbocycles. The van der Waals surface area contributed by atoms with Gasteiger partial charge in [0.1, 0.15) is 16.5 Å².